The Bertz CT molecular complexity index is 300. The Balaban J connectivity index is 2.52. The predicted octanol–water partition coefficient (Wildman–Crippen LogP) is 3.36. The molecule has 0 fully saturated rings. The maximum atomic E-state index is 3.07. The summed E-state index contributed by atoms with van der Waals surface area (Å²) in [7, 11) is 0. The van der Waals surface area contributed by atoms with Crippen LogP contribution in [0.2, 0.25) is 0 Å². The van der Waals surface area contributed by atoms with Crippen molar-refractivity contribution in [3.63, 3.8) is 0 Å². The molecule has 1 heteroatoms. The highest BCUT2D eigenvalue weighted by molar-refractivity contribution is 7.98. The van der Waals surface area contributed by atoms with Crippen molar-refractivity contribution < 1.29 is 0 Å². The van der Waals surface area contributed by atoms with Crippen molar-refractivity contribution in [3.8, 4) is 11.8 Å². The van der Waals surface area contributed by atoms with Gasteiger partial charge in [-0.25, -0.2) is 0 Å². The molecule has 0 spiro atoms. The zero-order chi connectivity index (χ0) is 9.52. The fraction of sp³-hybridized carbons (Fsp3) is 0.333. The minimum atomic E-state index is 0.967. The third-order valence-corrected chi connectivity index (χ3v) is 2.62. The molecule has 0 aliphatic heterocycles. The molecule has 0 amide bonds. The van der Waals surface area contributed by atoms with Gasteiger partial charge in [-0.2, -0.15) is 0 Å². The molecule has 0 N–H and O–H groups in total. The van der Waals surface area contributed by atoms with E-state index in [1.54, 1.807) is 11.8 Å². The smallest absolute Gasteiger partial charge is 0.0129 e. The summed E-state index contributed by atoms with van der Waals surface area (Å²) in [5.41, 5.74) is 1.38. The summed E-state index contributed by atoms with van der Waals surface area (Å²) in [6.07, 6.45) is 4.13. The number of hydrogen-bond donors (Lipinski definition) is 0. The molecular formula is C12H14S. The van der Waals surface area contributed by atoms with E-state index in [1.165, 1.54) is 10.5 Å². The van der Waals surface area contributed by atoms with Gasteiger partial charge >= 0.3 is 0 Å². The molecule has 0 saturated heterocycles. The van der Waals surface area contributed by atoms with E-state index in [9.17, 15) is 0 Å². The van der Waals surface area contributed by atoms with Crippen molar-refractivity contribution in [1.82, 2.24) is 0 Å². The van der Waals surface area contributed by atoms with Gasteiger partial charge in [0.05, 0.1) is 0 Å². The van der Waals surface area contributed by atoms with Crippen LogP contribution in [-0.4, -0.2) is 6.26 Å². The van der Waals surface area contributed by atoms with Gasteiger partial charge in [0.2, 0.25) is 0 Å². The second-order valence-corrected chi connectivity index (χ2v) is 3.65. The minimum absolute atomic E-state index is 0.967. The molecule has 1 aromatic rings. The van der Waals surface area contributed by atoms with Crippen molar-refractivity contribution in [2.45, 2.75) is 24.7 Å². The second kappa shape index (κ2) is 5.72. The molecular weight excluding hydrogens is 176 g/mol. The first-order chi connectivity index (χ1) is 6.36. The Labute approximate surface area is 84.7 Å². The van der Waals surface area contributed by atoms with Crippen LogP contribution < -0.4 is 0 Å². The fourth-order valence-electron chi connectivity index (χ4n) is 1.12. The normalized spacial score (nSPS) is 9.08. The Morgan fingerprint density at radius 3 is 2.46 bits per heavy atom. The standard InChI is InChI=1S/C12H14S/c1-3-4-5-6-11-7-9-12(13-2)10-8-11/h7-10H,5-6H2,1-2H3. The monoisotopic (exact) mass is 190 g/mol. The summed E-state index contributed by atoms with van der Waals surface area (Å²) in [6.45, 7) is 1.89. The zero-order valence-corrected chi connectivity index (χ0v) is 8.95. The van der Waals surface area contributed by atoms with E-state index < -0.39 is 0 Å². The van der Waals surface area contributed by atoms with E-state index >= 15 is 0 Å². The van der Waals surface area contributed by atoms with Gasteiger partial charge in [-0.1, -0.05) is 12.1 Å². The molecule has 0 aliphatic carbocycles. The van der Waals surface area contributed by atoms with Crippen molar-refractivity contribution in [1.29, 1.82) is 0 Å². The number of benzene rings is 1. The van der Waals surface area contributed by atoms with Gasteiger partial charge in [0.15, 0.2) is 0 Å². The van der Waals surface area contributed by atoms with E-state index in [0.717, 1.165) is 12.8 Å². The summed E-state index contributed by atoms with van der Waals surface area (Å²) < 4.78 is 0. The summed E-state index contributed by atoms with van der Waals surface area (Å²) in [5, 5.41) is 0. The van der Waals surface area contributed by atoms with Crippen LogP contribution in [0.15, 0.2) is 29.2 Å². The molecule has 0 aromatic heterocycles. The van der Waals surface area contributed by atoms with Crippen LogP contribution in [-0.2, 0) is 6.42 Å². The zero-order valence-electron chi connectivity index (χ0n) is 8.13. The molecule has 0 bridgehead atoms. The van der Waals surface area contributed by atoms with Crippen molar-refractivity contribution in [2.75, 3.05) is 6.26 Å². The third kappa shape index (κ3) is 3.57. The summed E-state index contributed by atoms with van der Waals surface area (Å²) in [6, 6.07) is 8.70. The average Bonchev–Trinajstić information content (AvgIpc) is 2.19. The van der Waals surface area contributed by atoms with Crippen LogP contribution in [0.4, 0.5) is 0 Å². The fourth-order valence-corrected chi connectivity index (χ4v) is 1.53. The molecule has 0 nitrogen and oxygen atoms in total. The van der Waals surface area contributed by atoms with Crippen LogP contribution in [0.25, 0.3) is 0 Å². The Hall–Kier alpha value is -0.870. The van der Waals surface area contributed by atoms with Crippen molar-refractivity contribution in [2.24, 2.45) is 0 Å². The largest absolute Gasteiger partial charge is 0.130 e. The van der Waals surface area contributed by atoms with Gasteiger partial charge in [0, 0.05) is 11.3 Å². The quantitative estimate of drug-likeness (QED) is 0.520. The lowest BCUT2D eigenvalue weighted by molar-refractivity contribution is 1.02. The van der Waals surface area contributed by atoms with E-state index in [0.29, 0.717) is 0 Å². The first kappa shape index (κ1) is 10.2. The summed E-state index contributed by atoms with van der Waals surface area (Å²) >= 11 is 1.78. The van der Waals surface area contributed by atoms with Crippen LogP contribution in [0.1, 0.15) is 18.9 Å². The molecule has 68 valence electrons. The average molecular weight is 190 g/mol. The van der Waals surface area contributed by atoms with E-state index in [2.05, 4.69) is 42.4 Å². The van der Waals surface area contributed by atoms with Crippen LogP contribution in [0, 0.1) is 11.8 Å². The van der Waals surface area contributed by atoms with Gasteiger partial charge in [-0.15, -0.1) is 23.6 Å². The van der Waals surface area contributed by atoms with E-state index in [4.69, 9.17) is 0 Å². The van der Waals surface area contributed by atoms with Gasteiger partial charge < -0.3 is 0 Å². The lowest BCUT2D eigenvalue weighted by Gasteiger charge is -1.99. The molecule has 0 radical (unpaired) electrons. The summed E-state index contributed by atoms with van der Waals surface area (Å²) in [5.74, 6) is 5.98. The maximum Gasteiger partial charge on any atom is 0.0129 e. The molecule has 1 rings (SSSR count). The highest BCUT2D eigenvalue weighted by Gasteiger charge is 1.91. The van der Waals surface area contributed by atoms with Gasteiger partial charge in [0.1, 0.15) is 0 Å². The highest BCUT2D eigenvalue weighted by Crippen LogP contribution is 2.15. The number of rotatable bonds is 3. The maximum absolute atomic E-state index is 3.07. The van der Waals surface area contributed by atoms with E-state index in [1.807, 2.05) is 6.92 Å². The first-order valence-corrected chi connectivity index (χ1v) is 5.62. The summed E-state index contributed by atoms with van der Waals surface area (Å²) in [4.78, 5) is 1.32. The SMILES string of the molecule is CC#CCCc1ccc(SC)cc1. The minimum Gasteiger partial charge on any atom is -0.130 e. The lowest BCUT2D eigenvalue weighted by atomic mass is 10.1. The van der Waals surface area contributed by atoms with Crippen LogP contribution >= 0.6 is 11.8 Å². The number of hydrogen-bond acceptors (Lipinski definition) is 1. The van der Waals surface area contributed by atoms with Gasteiger partial charge in [-0.05, 0) is 37.3 Å². The molecule has 1 aromatic carbocycles. The number of thioether (sulfide) groups is 1. The number of aryl methyl sites for hydroxylation is 1. The molecule has 0 heterocycles. The first-order valence-electron chi connectivity index (χ1n) is 4.39. The Morgan fingerprint density at radius 2 is 1.92 bits per heavy atom. The molecule has 0 aliphatic rings. The molecule has 0 atom stereocenters. The van der Waals surface area contributed by atoms with Gasteiger partial charge in [-0.3, -0.25) is 0 Å². The molecule has 0 saturated carbocycles. The van der Waals surface area contributed by atoms with Crippen molar-refractivity contribution in [3.05, 3.63) is 29.8 Å². The third-order valence-electron chi connectivity index (χ3n) is 1.87. The molecule has 0 unspecified atom stereocenters. The topological polar surface area (TPSA) is 0 Å². The van der Waals surface area contributed by atoms with Crippen LogP contribution in [0.5, 0.6) is 0 Å². The van der Waals surface area contributed by atoms with Crippen molar-refractivity contribution >= 4 is 11.8 Å². The molecule has 13 heavy (non-hydrogen) atoms. The lowest BCUT2D eigenvalue weighted by Crippen LogP contribution is -1.82. The van der Waals surface area contributed by atoms with Gasteiger partial charge in [0.25, 0.3) is 0 Å². The predicted molar refractivity (Wildman–Crippen MR) is 60.0 cm³/mol. The van der Waals surface area contributed by atoms with Crippen LogP contribution in [0.3, 0.4) is 0 Å². The highest BCUT2D eigenvalue weighted by atomic mass is 32.2. The van der Waals surface area contributed by atoms with E-state index in [-0.39, 0.29) is 0 Å². The Morgan fingerprint density at radius 1 is 1.23 bits per heavy atom. The second-order valence-electron chi connectivity index (χ2n) is 2.77. The Kier molecular flexibility index (Phi) is 4.49.